The fourth-order valence-corrected chi connectivity index (χ4v) is 1.70. The number of para-hydroxylation sites is 1. The van der Waals surface area contributed by atoms with Gasteiger partial charge in [-0.2, -0.15) is 0 Å². The summed E-state index contributed by atoms with van der Waals surface area (Å²) in [5.74, 6) is -1.30. The van der Waals surface area contributed by atoms with Crippen molar-refractivity contribution in [1.82, 2.24) is 0 Å². The van der Waals surface area contributed by atoms with Gasteiger partial charge in [0.25, 0.3) is 0 Å². The van der Waals surface area contributed by atoms with Gasteiger partial charge in [-0.15, -0.1) is 0 Å². The molecule has 1 aromatic carbocycles. The third-order valence-electron chi connectivity index (χ3n) is 2.78. The van der Waals surface area contributed by atoms with Crippen LogP contribution in [-0.4, -0.2) is 17.0 Å². The Bertz CT molecular complexity index is 393. The van der Waals surface area contributed by atoms with Crippen LogP contribution in [0.1, 0.15) is 12.8 Å². The lowest BCUT2D eigenvalue weighted by atomic mass is 9.75. The highest BCUT2D eigenvalue weighted by molar-refractivity contribution is 5.80. The van der Waals surface area contributed by atoms with Crippen molar-refractivity contribution in [1.29, 1.82) is 0 Å². The maximum atomic E-state index is 11.5. The van der Waals surface area contributed by atoms with Gasteiger partial charge in [-0.05, 0) is 25.0 Å². The maximum Gasteiger partial charge on any atom is 0.314 e. The second-order valence-corrected chi connectivity index (χ2v) is 3.94. The van der Waals surface area contributed by atoms with Gasteiger partial charge >= 0.3 is 11.9 Å². The Morgan fingerprint density at radius 3 is 2.31 bits per heavy atom. The molecule has 0 aliphatic heterocycles. The second-order valence-electron chi connectivity index (χ2n) is 3.94. The maximum absolute atomic E-state index is 11.5. The molecule has 0 saturated heterocycles. The summed E-state index contributed by atoms with van der Waals surface area (Å²) >= 11 is 0. The number of esters is 1. The van der Waals surface area contributed by atoms with E-state index in [4.69, 9.17) is 9.84 Å². The van der Waals surface area contributed by atoms with Gasteiger partial charge in [0, 0.05) is 0 Å². The minimum absolute atomic E-state index is 0.263. The first-order chi connectivity index (χ1) is 7.66. The average Bonchev–Trinajstić information content (AvgIpc) is 2.15. The molecule has 1 aromatic rings. The molecule has 0 aromatic heterocycles. The summed E-state index contributed by atoms with van der Waals surface area (Å²) in [5.41, 5.74) is 0. The van der Waals surface area contributed by atoms with Crippen LogP contribution in [0.4, 0.5) is 0 Å². The number of carbonyl (C=O) groups is 2. The van der Waals surface area contributed by atoms with Gasteiger partial charge in [-0.3, -0.25) is 9.59 Å². The highest BCUT2D eigenvalue weighted by Crippen LogP contribution is 2.34. The topological polar surface area (TPSA) is 63.6 Å². The molecule has 4 heteroatoms. The predicted octanol–water partition coefficient (Wildman–Crippen LogP) is 1.70. The number of rotatable bonds is 3. The Morgan fingerprint density at radius 2 is 1.75 bits per heavy atom. The van der Waals surface area contributed by atoms with E-state index in [-0.39, 0.29) is 17.8 Å². The highest BCUT2D eigenvalue weighted by atomic mass is 16.5. The molecule has 1 N–H and O–H groups in total. The molecule has 0 radical (unpaired) electrons. The van der Waals surface area contributed by atoms with Crippen LogP contribution in [0.2, 0.25) is 0 Å². The van der Waals surface area contributed by atoms with E-state index in [1.165, 1.54) is 0 Å². The van der Waals surface area contributed by atoms with Crippen LogP contribution in [0.15, 0.2) is 30.3 Å². The van der Waals surface area contributed by atoms with Crippen LogP contribution in [0.25, 0.3) is 0 Å². The number of carboxylic acid groups (broad SMARTS) is 1. The lowest BCUT2D eigenvalue weighted by molar-refractivity contribution is -0.152. The molecule has 0 atom stereocenters. The molecule has 2 rings (SSSR count). The molecular formula is C12H12O4. The average molecular weight is 220 g/mol. The van der Waals surface area contributed by atoms with E-state index >= 15 is 0 Å². The van der Waals surface area contributed by atoms with Crippen LogP contribution in [0, 0.1) is 11.8 Å². The summed E-state index contributed by atoms with van der Waals surface area (Å²) in [4.78, 5) is 22.1. The number of carboxylic acids is 1. The first kappa shape index (κ1) is 10.7. The zero-order chi connectivity index (χ0) is 11.5. The number of hydrogen-bond acceptors (Lipinski definition) is 3. The predicted molar refractivity (Wildman–Crippen MR) is 55.9 cm³/mol. The second kappa shape index (κ2) is 4.35. The molecule has 0 unspecified atom stereocenters. The minimum Gasteiger partial charge on any atom is -0.481 e. The van der Waals surface area contributed by atoms with Gasteiger partial charge in [0.05, 0.1) is 11.8 Å². The molecule has 1 aliphatic carbocycles. The van der Waals surface area contributed by atoms with Gasteiger partial charge in [0.1, 0.15) is 5.75 Å². The van der Waals surface area contributed by atoms with E-state index in [1.807, 2.05) is 6.07 Å². The van der Waals surface area contributed by atoms with E-state index in [9.17, 15) is 9.59 Å². The van der Waals surface area contributed by atoms with Crippen LogP contribution >= 0.6 is 0 Å². The molecule has 1 aliphatic rings. The Morgan fingerprint density at radius 1 is 1.12 bits per heavy atom. The van der Waals surface area contributed by atoms with Crippen LogP contribution < -0.4 is 4.74 Å². The summed E-state index contributed by atoms with van der Waals surface area (Å²) < 4.78 is 5.11. The lowest BCUT2D eigenvalue weighted by Crippen LogP contribution is -2.37. The largest absolute Gasteiger partial charge is 0.481 e. The van der Waals surface area contributed by atoms with Gasteiger partial charge < -0.3 is 9.84 Å². The van der Waals surface area contributed by atoms with Crippen molar-refractivity contribution in [2.45, 2.75) is 12.8 Å². The smallest absolute Gasteiger partial charge is 0.314 e. The molecule has 84 valence electrons. The third-order valence-corrected chi connectivity index (χ3v) is 2.78. The molecule has 0 amide bonds. The van der Waals surface area contributed by atoms with Crippen molar-refractivity contribution in [2.24, 2.45) is 11.8 Å². The van der Waals surface area contributed by atoms with Gasteiger partial charge in [0.15, 0.2) is 0 Å². The molecule has 16 heavy (non-hydrogen) atoms. The van der Waals surface area contributed by atoms with Crippen LogP contribution in [0.3, 0.4) is 0 Å². The first-order valence-corrected chi connectivity index (χ1v) is 5.16. The van der Waals surface area contributed by atoms with E-state index < -0.39 is 5.97 Å². The van der Waals surface area contributed by atoms with E-state index in [0.717, 1.165) is 0 Å². The summed E-state index contributed by atoms with van der Waals surface area (Å²) in [7, 11) is 0. The quantitative estimate of drug-likeness (QED) is 0.622. The zero-order valence-corrected chi connectivity index (χ0v) is 8.63. The molecule has 0 spiro atoms. The molecule has 0 bridgehead atoms. The third kappa shape index (κ3) is 2.21. The summed E-state index contributed by atoms with van der Waals surface area (Å²) in [6.45, 7) is 0. The van der Waals surface area contributed by atoms with Crippen molar-refractivity contribution >= 4 is 11.9 Å². The number of benzene rings is 1. The van der Waals surface area contributed by atoms with Crippen molar-refractivity contribution in [3.8, 4) is 5.75 Å². The summed E-state index contributed by atoms with van der Waals surface area (Å²) in [6, 6.07) is 8.80. The minimum atomic E-state index is -0.830. The van der Waals surface area contributed by atoms with E-state index in [2.05, 4.69) is 0 Å². The van der Waals surface area contributed by atoms with Crippen molar-refractivity contribution in [3.63, 3.8) is 0 Å². The zero-order valence-electron chi connectivity index (χ0n) is 8.63. The number of ether oxygens (including phenoxy) is 1. The molecule has 4 nitrogen and oxygen atoms in total. The molecule has 1 saturated carbocycles. The highest BCUT2D eigenvalue weighted by Gasteiger charge is 2.39. The van der Waals surface area contributed by atoms with E-state index in [0.29, 0.717) is 18.6 Å². The van der Waals surface area contributed by atoms with Gasteiger partial charge in [-0.1, -0.05) is 18.2 Å². The number of aliphatic carboxylic acids is 1. The Hall–Kier alpha value is -1.84. The van der Waals surface area contributed by atoms with Gasteiger partial charge in [0.2, 0.25) is 0 Å². The van der Waals surface area contributed by atoms with E-state index in [1.54, 1.807) is 24.3 Å². The SMILES string of the molecule is O=C(O)C1CC(C(=O)Oc2ccccc2)C1. The monoisotopic (exact) mass is 220 g/mol. The van der Waals surface area contributed by atoms with Crippen LogP contribution in [-0.2, 0) is 9.59 Å². The van der Waals surface area contributed by atoms with Crippen molar-refractivity contribution in [3.05, 3.63) is 30.3 Å². The van der Waals surface area contributed by atoms with Gasteiger partial charge in [-0.25, -0.2) is 0 Å². The molecule has 0 heterocycles. The van der Waals surface area contributed by atoms with Crippen molar-refractivity contribution < 1.29 is 19.4 Å². The molecular weight excluding hydrogens is 208 g/mol. The first-order valence-electron chi connectivity index (χ1n) is 5.16. The van der Waals surface area contributed by atoms with Crippen molar-refractivity contribution in [2.75, 3.05) is 0 Å². The summed E-state index contributed by atoms with van der Waals surface area (Å²) in [6.07, 6.45) is 0.780. The Labute approximate surface area is 92.8 Å². The Kier molecular flexibility index (Phi) is 2.90. The Balaban J connectivity index is 1.85. The standard InChI is InChI=1S/C12H12O4/c13-11(14)8-6-9(7-8)12(15)16-10-4-2-1-3-5-10/h1-5,8-9H,6-7H2,(H,13,14). The van der Waals surface area contributed by atoms with Crippen LogP contribution in [0.5, 0.6) is 5.75 Å². The fraction of sp³-hybridized carbons (Fsp3) is 0.333. The molecule has 1 fully saturated rings. The lowest BCUT2D eigenvalue weighted by Gasteiger charge is -2.29. The number of carbonyl (C=O) groups excluding carboxylic acids is 1. The normalized spacial score (nSPS) is 23.2. The summed E-state index contributed by atoms with van der Waals surface area (Å²) in [5, 5.41) is 8.67. The fourth-order valence-electron chi connectivity index (χ4n) is 1.70. The number of hydrogen-bond donors (Lipinski definition) is 1.